The maximum atomic E-state index is 12.2. The van der Waals surface area contributed by atoms with Crippen molar-refractivity contribution in [1.82, 2.24) is 5.32 Å². The molecule has 0 saturated carbocycles. The molecular weight excluding hydrogens is 240 g/mol. The highest BCUT2D eigenvalue weighted by molar-refractivity contribution is 6.03. The van der Waals surface area contributed by atoms with Gasteiger partial charge in [0, 0.05) is 12.6 Å². The van der Waals surface area contributed by atoms with Crippen LogP contribution in [0.15, 0.2) is 18.2 Å². The van der Waals surface area contributed by atoms with Gasteiger partial charge in [-0.25, -0.2) is 0 Å². The van der Waals surface area contributed by atoms with E-state index in [1.54, 1.807) is 6.07 Å². The van der Waals surface area contributed by atoms with E-state index in [2.05, 4.69) is 16.7 Å². The van der Waals surface area contributed by atoms with Gasteiger partial charge in [0.1, 0.15) is 0 Å². The molecular formula is C14H16N4O. The number of nitrogens with zero attached hydrogens (tertiary/aromatic N) is 2. The number of hydrogen-bond acceptors (Lipinski definition) is 4. The second-order valence-electron chi connectivity index (χ2n) is 4.96. The van der Waals surface area contributed by atoms with Crippen LogP contribution in [0.4, 0.5) is 11.4 Å². The van der Waals surface area contributed by atoms with Crippen molar-refractivity contribution in [3.8, 4) is 6.07 Å². The third-order valence-electron chi connectivity index (χ3n) is 3.72. The van der Waals surface area contributed by atoms with E-state index in [4.69, 9.17) is 5.26 Å². The van der Waals surface area contributed by atoms with Gasteiger partial charge in [-0.1, -0.05) is 0 Å². The molecule has 1 fully saturated rings. The minimum atomic E-state index is 0.103. The molecule has 2 aliphatic heterocycles. The predicted octanol–water partition coefficient (Wildman–Crippen LogP) is 1.07. The van der Waals surface area contributed by atoms with E-state index in [0.717, 1.165) is 37.3 Å². The van der Waals surface area contributed by atoms with Crippen LogP contribution >= 0.6 is 0 Å². The minimum Gasteiger partial charge on any atom is -0.374 e. The molecule has 1 unspecified atom stereocenters. The van der Waals surface area contributed by atoms with Gasteiger partial charge >= 0.3 is 0 Å². The van der Waals surface area contributed by atoms with E-state index < -0.39 is 0 Å². The maximum Gasteiger partial charge on any atom is 0.246 e. The molecule has 0 spiro atoms. The van der Waals surface area contributed by atoms with Crippen LogP contribution in [-0.2, 0) is 4.79 Å². The fraction of sp³-hybridized carbons (Fsp3) is 0.429. The first-order valence-electron chi connectivity index (χ1n) is 6.60. The molecule has 1 saturated heterocycles. The summed E-state index contributed by atoms with van der Waals surface area (Å²) >= 11 is 0. The SMILES string of the molecule is N#Cc1ccc2c(c1)NCC(=O)N2C1CCCNC1. The van der Waals surface area contributed by atoms with Crippen LogP contribution in [0.2, 0.25) is 0 Å². The number of benzene rings is 1. The highest BCUT2D eigenvalue weighted by Gasteiger charge is 2.31. The number of nitrogens with one attached hydrogen (secondary N) is 2. The predicted molar refractivity (Wildman–Crippen MR) is 73.0 cm³/mol. The van der Waals surface area contributed by atoms with E-state index in [-0.39, 0.29) is 11.9 Å². The summed E-state index contributed by atoms with van der Waals surface area (Å²) in [5.74, 6) is 0.103. The number of piperidine rings is 1. The summed E-state index contributed by atoms with van der Waals surface area (Å²) in [6.07, 6.45) is 2.12. The van der Waals surface area contributed by atoms with Crippen LogP contribution in [0, 0.1) is 11.3 Å². The van der Waals surface area contributed by atoms with Gasteiger partial charge in [-0.3, -0.25) is 4.79 Å². The molecule has 1 atom stereocenters. The van der Waals surface area contributed by atoms with Gasteiger partial charge in [-0.15, -0.1) is 0 Å². The van der Waals surface area contributed by atoms with Gasteiger partial charge in [0.25, 0.3) is 0 Å². The first-order valence-corrected chi connectivity index (χ1v) is 6.60. The first-order chi connectivity index (χ1) is 9.29. The fourth-order valence-corrected chi connectivity index (χ4v) is 2.80. The molecule has 5 heteroatoms. The van der Waals surface area contributed by atoms with Gasteiger partial charge in [0.2, 0.25) is 5.91 Å². The van der Waals surface area contributed by atoms with Gasteiger partial charge in [-0.2, -0.15) is 5.26 Å². The van der Waals surface area contributed by atoms with Gasteiger partial charge in [-0.05, 0) is 37.6 Å². The highest BCUT2D eigenvalue weighted by atomic mass is 16.2. The molecule has 19 heavy (non-hydrogen) atoms. The monoisotopic (exact) mass is 256 g/mol. The van der Waals surface area contributed by atoms with Crippen LogP contribution in [0.25, 0.3) is 0 Å². The summed E-state index contributed by atoms with van der Waals surface area (Å²) in [5.41, 5.74) is 2.38. The Morgan fingerprint density at radius 1 is 1.42 bits per heavy atom. The summed E-state index contributed by atoms with van der Waals surface area (Å²) in [4.78, 5) is 14.1. The summed E-state index contributed by atoms with van der Waals surface area (Å²) < 4.78 is 0. The number of hydrogen-bond donors (Lipinski definition) is 2. The van der Waals surface area contributed by atoms with E-state index in [0.29, 0.717) is 12.1 Å². The molecule has 1 aromatic rings. The lowest BCUT2D eigenvalue weighted by atomic mass is 10.0. The van der Waals surface area contributed by atoms with Crippen LogP contribution in [0.3, 0.4) is 0 Å². The summed E-state index contributed by atoms with van der Waals surface area (Å²) in [5, 5.41) is 15.4. The van der Waals surface area contributed by atoms with Crippen molar-refractivity contribution in [2.75, 3.05) is 29.9 Å². The molecule has 1 aromatic carbocycles. The Morgan fingerprint density at radius 3 is 3.05 bits per heavy atom. The van der Waals surface area contributed by atoms with Crippen LogP contribution in [0.5, 0.6) is 0 Å². The Balaban J connectivity index is 1.96. The standard InChI is InChI=1S/C14H16N4O/c15-7-10-3-4-13-12(6-10)17-9-14(19)18(13)11-2-1-5-16-8-11/h3-4,6,11,16-17H,1-2,5,8-9H2. The lowest BCUT2D eigenvalue weighted by Crippen LogP contribution is -2.52. The second kappa shape index (κ2) is 4.90. The largest absolute Gasteiger partial charge is 0.374 e. The minimum absolute atomic E-state index is 0.103. The van der Waals surface area contributed by atoms with Crippen molar-refractivity contribution >= 4 is 17.3 Å². The zero-order valence-electron chi connectivity index (χ0n) is 10.6. The molecule has 0 bridgehead atoms. The maximum absolute atomic E-state index is 12.2. The number of rotatable bonds is 1. The number of carbonyl (C=O) groups is 1. The molecule has 0 radical (unpaired) electrons. The number of nitriles is 1. The normalized spacial score (nSPS) is 22.4. The molecule has 1 amide bonds. The van der Waals surface area contributed by atoms with E-state index in [1.807, 2.05) is 17.0 Å². The smallest absolute Gasteiger partial charge is 0.246 e. The summed E-state index contributed by atoms with van der Waals surface area (Å²) in [6.45, 7) is 2.17. The summed E-state index contributed by atoms with van der Waals surface area (Å²) in [7, 11) is 0. The lowest BCUT2D eigenvalue weighted by molar-refractivity contribution is -0.117. The van der Waals surface area contributed by atoms with Gasteiger partial charge < -0.3 is 15.5 Å². The van der Waals surface area contributed by atoms with Crippen LogP contribution in [0.1, 0.15) is 18.4 Å². The van der Waals surface area contributed by atoms with E-state index in [1.165, 1.54) is 0 Å². The Hall–Kier alpha value is -2.06. The van der Waals surface area contributed by atoms with Crippen molar-refractivity contribution in [3.63, 3.8) is 0 Å². The number of anilines is 2. The number of carbonyl (C=O) groups excluding carboxylic acids is 1. The van der Waals surface area contributed by atoms with Crippen molar-refractivity contribution in [1.29, 1.82) is 5.26 Å². The fourth-order valence-electron chi connectivity index (χ4n) is 2.80. The highest BCUT2D eigenvalue weighted by Crippen LogP contribution is 2.33. The second-order valence-corrected chi connectivity index (χ2v) is 4.96. The van der Waals surface area contributed by atoms with E-state index >= 15 is 0 Å². The molecule has 0 aromatic heterocycles. The Bertz CT molecular complexity index is 543. The van der Waals surface area contributed by atoms with Crippen molar-refractivity contribution in [3.05, 3.63) is 23.8 Å². The topological polar surface area (TPSA) is 68.2 Å². The molecule has 3 rings (SSSR count). The number of amides is 1. The molecule has 2 N–H and O–H groups in total. The Labute approximate surface area is 112 Å². The lowest BCUT2D eigenvalue weighted by Gasteiger charge is -2.38. The first kappa shape index (κ1) is 12.0. The average Bonchev–Trinajstić information content (AvgIpc) is 2.47. The van der Waals surface area contributed by atoms with Gasteiger partial charge in [0.05, 0.1) is 29.6 Å². The van der Waals surface area contributed by atoms with Crippen LogP contribution < -0.4 is 15.5 Å². The molecule has 2 aliphatic rings. The Kier molecular flexibility index (Phi) is 3.10. The molecule has 5 nitrogen and oxygen atoms in total. The quantitative estimate of drug-likeness (QED) is 0.788. The third kappa shape index (κ3) is 2.15. The molecule has 0 aliphatic carbocycles. The average molecular weight is 256 g/mol. The van der Waals surface area contributed by atoms with E-state index in [9.17, 15) is 4.79 Å². The zero-order valence-corrected chi connectivity index (χ0v) is 10.6. The van der Waals surface area contributed by atoms with Crippen molar-refractivity contribution < 1.29 is 4.79 Å². The van der Waals surface area contributed by atoms with Crippen molar-refractivity contribution in [2.24, 2.45) is 0 Å². The number of fused-ring (bicyclic) bond motifs is 1. The zero-order chi connectivity index (χ0) is 13.2. The third-order valence-corrected chi connectivity index (χ3v) is 3.72. The Morgan fingerprint density at radius 2 is 2.32 bits per heavy atom. The van der Waals surface area contributed by atoms with Crippen molar-refractivity contribution in [2.45, 2.75) is 18.9 Å². The molecule has 98 valence electrons. The molecule has 2 heterocycles. The van der Waals surface area contributed by atoms with Gasteiger partial charge in [0.15, 0.2) is 0 Å². The van der Waals surface area contributed by atoms with Crippen LogP contribution in [-0.4, -0.2) is 31.6 Å². The summed E-state index contributed by atoms with van der Waals surface area (Å²) in [6, 6.07) is 7.79.